The molecule has 0 unspecified atom stereocenters. The average molecular weight is 403 g/mol. The van der Waals surface area contributed by atoms with Gasteiger partial charge in [-0.25, -0.2) is 9.59 Å². The topological polar surface area (TPSA) is 52.6 Å². The van der Waals surface area contributed by atoms with Crippen LogP contribution in [0.5, 0.6) is 0 Å². The Labute approximate surface area is 157 Å². The quantitative estimate of drug-likeness (QED) is 0.495. The molecule has 0 aliphatic rings. The lowest BCUT2D eigenvalue weighted by molar-refractivity contribution is 0.0591. The van der Waals surface area contributed by atoms with Crippen LogP contribution in [0.25, 0.3) is 0 Å². The second-order valence-corrected chi connectivity index (χ2v) is 7.47. The van der Waals surface area contributed by atoms with Gasteiger partial charge in [0.05, 0.1) is 35.4 Å². The number of hydrogen-bond donors (Lipinski definition) is 0. The van der Waals surface area contributed by atoms with E-state index >= 15 is 0 Å². The minimum atomic E-state index is -0.441. The van der Waals surface area contributed by atoms with Crippen molar-refractivity contribution in [1.82, 2.24) is 0 Å². The number of carbonyl (C=O) groups is 2. The summed E-state index contributed by atoms with van der Waals surface area (Å²) in [4.78, 5) is 24.6. The van der Waals surface area contributed by atoms with E-state index in [0.29, 0.717) is 31.0 Å². The highest BCUT2D eigenvalue weighted by molar-refractivity contribution is 8.76. The number of methoxy groups -OCH3 is 2. The van der Waals surface area contributed by atoms with Gasteiger partial charge in [0, 0.05) is 9.79 Å². The molecule has 0 heterocycles. The summed E-state index contributed by atoms with van der Waals surface area (Å²) in [7, 11) is 5.28. The molecule has 0 atom stereocenters. The van der Waals surface area contributed by atoms with Crippen LogP contribution in [-0.4, -0.2) is 26.2 Å². The molecule has 0 aliphatic carbocycles. The number of halogens is 2. The Hall–Kier alpha value is -1.34. The summed E-state index contributed by atoms with van der Waals surface area (Å²) in [5.74, 6) is -0.881. The largest absolute Gasteiger partial charge is 0.465 e. The van der Waals surface area contributed by atoms with Gasteiger partial charge >= 0.3 is 11.9 Å². The molecule has 2 rings (SSSR count). The van der Waals surface area contributed by atoms with E-state index in [2.05, 4.69) is 0 Å². The van der Waals surface area contributed by atoms with E-state index in [1.807, 2.05) is 0 Å². The molecule has 2 aromatic carbocycles. The minimum Gasteiger partial charge on any atom is -0.465 e. The van der Waals surface area contributed by atoms with E-state index in [1.165, 1.54) is 35.8 Å². The molecule has 4 nitrogen and oxygen atoms in total. The number of rotatable bonds is 5. The van der Waals surface area contributed by atoms with E-state index in [0.717, 1.165) is 0 Å². The summed E-state index contributed by atoms with van der Waals surface area (Å²) in [6.07, 6.45) is 0. The molecular formula is C16H12Cl2O4S2. The van der Waals surface area contributed by atoms with Crippen LogP contribution in [0.3, 0.4) is 0 Å². The summed E-state index contributed by atoms with van der Waals surface area (Å²) in [6, 6.07) is 9.72. The fourth-order valence-electron chi connectivity index (χ4n) is 1.71. The van der Waals surface area contributed by atoms with Crippen LogP contribution >= 0.6 is 44.8 Å². The molecule has 0 amide bonds. The van der Waals surface area contributed by atoms with Crippen molar-refractivity contribution >= 4 is 56.7 Å². The second-order valence-electron chi connectivity index (χ2n) is 4.44. The molecule has 0 bridgehead atoms. The van der Waals surface area contributed by atoms with E-state index in [4.69, 9.17) is 32.7 Å². The first kappa shape index (κ1) is 19.0. The molecule has 0 saturated heterocycles. The number of carbonyl (C=O) groups excluding carboxylic acids is 2. The van der Waals surface area contributed by atoms with Crippen LogP contribution in [0.15, 0.2) is 46.2 Å². The Morgan fingerprint density at radius 3 is 1.50 bits per heavy atom. The van der Waals surface area contributed by atoms with Gasteiger partial charge in [-0.1, -0.05) is 44.8 Å². The van der Waals surface area contributed by atoms with Gasteiger partial charge in [-0.3, -0.25) is 0 Å². The van der Waals surface area contributed by atoms with Crippen molar-refractivity contribution in [3.05, 3.63) is 57.6 Å². The summed E-state index contributed by atoms with van der Waals surface area (Å²) >= 11 is 12.3. The van der Waals surface area contributed by atoms with E-state index in [9.17, 15) is 9.59 Å². The van der Waals surface area contributed by atoms with Gasteiger partial charge < -0.3 is 9.47 Å². The zero-order valence-corrected chi connectivity index (χ0v) is 15.8. The highest BCUT2D eigenvalue weighted by atomic mass is 35.5. The van der Waals surface area contributed by atoms with E-state index in [-0.39, 0.29) is 0 Å². The highest BCUT2D eigenvalue weighted by Crippen LogP contribution is 2.43. The van der Waals surface area contributed by atoms with Crippen LogP contribution in [0.2, 0.25) is 10.0 Å². The van der Waals surface area contributed by atoms with Gasteiger partial charge in [0.2, 0.25) is 0 Å². The van der Waals surface area contributed by atoms with Crippen LogP contribution in [0.4, 0.5) is 0 Å². The molecule has 24 heavy (non-hydrogen) atoms. The van der Waals surface area contributed by atoms with Crippen LogP contribution < -0.4 is 0 Å². The van der Waals surface area contributed by atoms with Crippen LogP contribution in [-0.2, 0) is 9.47 Å². The van der Waals surface area contributed by atoms with Crippen molar-refractivity contribution in [2.75, 3.05) is 14.2 Å². The molecule has 0 aliphatic heterocycles. The fourth-order valence-corrected chi connectivity index (χ4v) is 4.65. The summed E-state index contributed by atoms with van der Waals surface area (Å²) in [5, 5.41) is 1.00. The number of ether oxygens (including phenoxy) is 2. The van der Waals surface area contributed by atoms with Gasteiger partial charge in [-0.2, -0.15) is 0 Å². The summed E-state index contributed by atoms with van der Waals surface area (Å²) < 4.78 is 9.39. The molecule has 126 valence electrons. The molecule has 0 N–H and O–H groups in total. The monoisotopic (exact) mass is 402 g/mol. The van der Waals surface area contributed by atoms with Gasteiger partial charge in [0.25, 0.3) is 0 Å². The minimum absolute atomic E-state index is 0.402. The smallest absolute Gasteiger partial charge is 0.337 e. The maximum absolute atomic E-state index is 11.6. The highest BCUT2D eigenvalue weighted by Gasteiger charge is 2.13. The Balaban J connectivity index is 2.22. The lowest BCUT2D eigenvalue weighted by Gasteiger charge is -2.08. The predicted octanol–water partition coefficient (Wildman–Crippen LogP) is 5.37. The van der Waals surface area contributed by atoms with Gasteiger partial charge in [0.15, 0.2) is 0 Å². The molecule has 0 aromatic heterocycles. The van der Waals surface area contributed by atoms with E-state index < -0.39 is 11.9 Å². The molecular weight excluding hydrogens is 391 g/mol. The molecule has 2 aromatic rings. The van der Waals surface area contributed by atoms with Crippen molar-refractivity contribution in [3.8, 4) is 0 Å². The number of hydrogen-bond acceptors (Lipinski definition) is 6. The number of esters is 2. The summed E-state index contributed by atoms with van der Waals surface area (Å²) in [5.41, 5.74) is 0.804. The maximum atomic E-state index is 11.6. The Morgan fingerprint density at radius 2 is 1.17 bits per heavy atom. The lowest BCUT2D eigenvalue weighted by atomic mass is 10.2. The lowest BCUT2D eigenvalue weighted by Crippen LogP contribution is -2.01. The Kier molecular flexibility index (Phi) is 6.86. The first-order valence-corrected chi connectivity index (χ1v) is 9.47. The van der Waals surface area contributed by atoms with Crippen LogP contribution in [0.1, 0.15) is 20.7 Å². The first-order valence-electron chi connectivity index (χ1n) is 6.56. The van der Waals surface area contributed by atoms with Gasteiger partial charge in [-0.05, 0) is 36.4 Å². The van der Waals surface area contributed by atoms with Crippen LogP contribution in [0, 0.1) is 0 Å². The standard InChI is InChI=1S/C16H12Cl2O4S2/c1-21-15(19)9-3-5-11(17)13(7-9)23-24-14-8-10(16(20)22-2)4-6-12(14)18/h3-8H,1-2H3. The van der Waals surface area contributed by atoms with Crippen molar-refractivity contribution < 1.29 is 19.1 Å². The molecule has 0 fully saturated rings. The predicted molar refractivity (Wildman–Crippen MR) is 97.3 cm³/mol. The van der Waals surface area contributed by atoms with Gasteiger partial charge in [0.1, 0.15) is 0 Å². The fraction of sp³-hybridized carbons (Fsp3) is 0.125. The normalized spacial score (nSPS) is 10.3. The zero-order valence-electron chi connectivity index (χ0n) is 12.7. The van der Waals surface area contributed by atoms with E-state index in [1.54, 1.807) is 36.4 Å². The second kappa shape index (κ2) is 8.67. The van der Waals surface area contributed by atoms with Gasteiger partial charge in [-0.15, -0.1) is 0 Å². The first-order chi connectivity index (χ1) is 11.5. The molecule has 0 saturated carbocycles. The third kappa shape index (κ3) is 4.60. The summed E-state index contributed by atoms with van der Waals surface area (Å²) in [6.45, 7) is 0. The van der Waals surface area contributed by atoms with Crippen molar-refractivity contribution in [1.29, 1.82) is 0 Å². The molecule has 0 spiro atoms. The zero-order chi connectivity index (χ0) is 17.7. The van der Waals surface area contributed by atoms with Crippen molar-refractivity contribution in [2.45, 2.75) is 9.79 Å². The Morgan fingerprint density at radius 1 is 0.792 bits per heavy atom. The maximum Gasteiger partial charge on any atom is 0.337 e. The Bertz CT molecular complexity index is 715. The average Bonchev–Trinajstić information content (AvgIpc) is 2.60. The third-order valence-corrected chi connectivity index (χ3v) is 6.25. The SMILES string of the molecule is COC(=O)c1ccc(Cl)c(SSc2cc(C(=O)OC)ccc2Cl)c1. The molecule has 8 heteroatoms. The third-order valence-electron chi connectivity index (χ3n) is 2.93. The van der Waals surface area contributed by atoms with Crippen molar-refractivity contribution in [3.63, 3.8) is 0 Å². The van der Waals surface area contributed by atoms with Crippen molar-refractivity contribution in [2.24, 2.45) is 0 Å². The number of benzene rings is 2. The molecule has 0 radical (unpaired) electrons.